The number of H-pyrrole nitrogens is 1. The second-order valence-corrected chi connectivity index (χ2v) is 5.96. The summed E-state index contributed by atoms with van der Waals surface area (Å²) in [5.41, 5.74) is -0.536. The van der Waals surface area contributed by atoms with Crippen LogP contribution in [0.25, 0.3) is 22.4 Å². The van der Waals surface area contributed by atoms with Crippen LogP contribution in [0.3, 0.4) is 0 Å². The van der Waals surface area contributed by atoms with E-state index in [1.165, 1.54) is 25.4 Å². The lowest BCUT2D eigenvalue weighted by Crippen LogP contribution is -2.28. The summed E-state index contributed by atoms with van der Waals surface area (Å²) in [6.45, 7) is -0.107. The maximum Gasteiger partial charge on any atom is 0.349 e. The van der Waals surface area contributed by atoms with Gasteiger partial charge in [0.1, 0.15) is 5.56 Å². The summed E-state index contributed by atoms with van der Waals surface area (Å²) in [4.78, 5) is 42.6. The Morgan fingerprint density at radius 2 is 2.10 bits per heavy atom. The van der Waals surface area contributed by atoms with E-state index in [4.69, 9.17) is 13.7 Å². The molecule has 0 unspecified atom stereocenters. The normalized spacial score (nSPS) is 10.8. The molecule has 0 aliphatic heterocycles. The second-order valence-electron chi connectivity index (χ2n) is 5.96. The predicted octanol–water partition coefficient (Wildman–Crippen LogP) is 1.47. The predicted molar refractivity (Wildman–Crippen MR) is 101 cm³/mol. The van der Waals surface area contributed by atoms with Gasteiger partial charge in [0.15, 0.2) is 11.3 Å². The third-order valence-electron chi connectivity index (χ3n) is 4.09. The Morgan fingerprint density at radius 1 is 1.24 bits per heavy atom. The molecule has 10 nitrogen and oxygen atoms in total. The number of pyridine rings is 1. The molecule has 0 aliphatic carbocycles. The van der Waals surface area contributed by atoms with Crippen molar-refractivity contribution >= 4 is 16.9 Å². The summed E-state index contributed by atoms with van der Waals surface area (Å²) >= 11 is 0. The van der Waals surface area contributed by atoms with Gasteiger partial charge in [-0.05, 0) is 18.2 Å². The number of carbonyl (C=O) groups is 1. The fraction of sp³-hybridized carbons (Fsp3) is 0.105. The van der Waals surface area contributed by atoms with Crippen LogP contribution in [0.5, 0.6) is 5.75 Å². The van der Waals surface area contributed by atoms with Crippen molar-refractivity contribution in [2.45, 2.75) is 6.54 Å². The highest BCUT2D eigenvalue weighted by molar-refractivity contribution is 5.97. The number of carbonyl (C=O) groups excluding carboxylic acids is 1. The van der Waals surface area contributed by atoms with Crippen LogP contribution in [0.15, 0.2) is 61.1 Å². The van der Waals surface area contributed by atoms with E-state index < -0.39 is 11.5 Å². The van der Waals surface area contributed by atoms with E-state index in [2.05, 4.69) is 20.4 Å². The van der Waals surface area contributed by atoms with Crippen LogP contribution in [-0.2, 0) is 6.54 Å². The SMILES string of the molecule is COc1cccc2cc(C(=O)NCc3nc(-c4cc[nH]c(=O)c4)no3)c(=O)oc12. The number of nitrogens with one attached hydrogen (secondary N) is 2. The Bertz CT molecular complexity index is 1320. The number of rotatable bonds is 5. The second kappa shape index (κ2) is 7.43. The van der Waals surface area contributed by atoms with Gasteiger partial charge in [-0.1, -0.05) is 17.3 Å². The maximum absolute atomic E-state index is 12.4. The summed E-state index contributed by atoms with van der Waals surface area (Å²) in [5, 5.41) is 6.85. The Hall–Kier alpha value is -4.21. The molecule has 1 aromatic carbocycles. The Labute approximate surface area is 162 Å². The molecule has 10 heteroatoms. The first-order valence-corrected chi connectivity index (χ1v) is 8.46. The van der Waals surface area contributed by atoms with E-state index in [1.54, 1.807) is 24.3 Å². The Morgan fingerprint density at radius 3 is 2.90 bits per heavy atom. The van der Waals surface area contributed by atoms with Crippen LogP contribution in [0.4, 0.5) is 0 Å². The molecule has 146 valence electrons. The third-order valence-corrected chi connectivity index (χ3v) is 4.09. The highest BCUT2D eigenvalue weighted by Gasteiger charge is 2.17. The van der Waals surface area contributed by atoms with Gasteiger partial charge in [0, 0.05) is 23.2 Å². The lowest BCUT2D eigenvalue weighted by molar-refractivity contribution is 0.0942. The van der Waals surface area contributed by atoms with Crippen LogP contribution >= 0.6 is 0 Å². The number of ether oxygens (including phenoxy) is 1. The standard InChI is InChI=1S/C19H14N4O6/c1-27-13-4-2-3-10-7-12(19(26)28-16(10)13)18(25)21-9-15-22-17(23-29-15)11-5-6-20-14(24)8-11/h2-8H,9H2,1H3,(H,20,24)(H,21,25). The van der Waals surface area contributed by atoms with Crippen LogP contribution in [-0.4, -0.2) is 28.1 Å². The van der Waals surface area contributed by atoms with Crippen LogP contribution in [0.1, 0.15) is 16.2 Å². The molecule has 2 N–H and O–H groups in total. The number of benzene rings is 1. The van der Waals surface area contributed by atoms with E-state index in [1.807, 2.05) is 0 Å². The number of methoxy groups -OCH3 is 1. The smallest absolute Gasteiger partial charge is 0.349 e. The molecule has 0 saturated heterocycles. The molecule has 0 fully saturated rings. The molecule has 0 spiro atoms. The van der Waals surface area contributed by atoms with Crippen molar-refractivity contribution in [1.29, 1.82) is 0 Å². The zero-order valence-corrected chi connectivity index (χ0v) is 15.1. The Kier molecular flexibility index (Phi) is 4.65. The largest absolute Gasteiger partial charge is 0.493 e. The molecule has 0 saturated carbocycles. The molecule has 3 aromatic heterocycles. The van der Waals surface area contributed by atoms with E-state index in [9.17, 15) is 14.4 Å². The lowest BCUT2D eigenvalue weighted by Gasteiger charge is -2.05. The molecule has 0 aliphatic rings. The van der Waals surface area contributed by atoms with Crippen molar-refractivity contribution in [1.82, 2.24) is 20.4 Å². The molecule has 0 atom stereocenters. The van der Waals surface area contributed by atoms with Crippen molar-refractivity contribution in [2.24, 2.45) is 0 Å². The summed E-state index contributed by atoms with van der Waals surface area (Å²) in [5.74, 6) is 0.0576. The fourth-order valence-electron chi connectivity index (χ4n) is 2.72. The van der Waals surface area contributed by atoms with Gasteiger partial charge >= 0.3 is 5.63 Å². The molecule has 1 amide bonds. The maximum atomic E-state index is 12.4. The summed E-state index contributed by atoms with van der Waals surface area (Å²) < 4.78 is 15.5. The first-order chi connectivity index (χ1) is 14.0. The van der Waals surface area contributed by atoms with Crippen molar-refractivity contribution in [3.05, 3.63) is 74.8 Å². The number of aromatic nitrogens is 3. The van der Waals surface area contributed by atoms with Crippen molar-refractivity contribution in [3.63, 3.8) is 0 Å². The topological polar surface area (TPSA) is 140 Å². The first-order valence-electron chi connectivity index (χ1n) is 8.46. The highest BCUT2D eigenvalue weighted by Crippen LogP contribution is 2.24. The number of hydrogen-bond acceptors (Lipinski definition) is 8. The minimum absolute atomic E-state index is 0.107. The first kappa shape index (κ1) is 18.2. The minimum Gasteiger partial charge on any atom is -0.493 e. The van der Waals surface area contributed by atoms with Gasteiger partial charge in [-0.2, -0.15) is 4.98 Å². The lowest BCUT2D eigenvalue weighted by atomic mass is 10.1. The van der Waals surface area contributed by atoms with E-state index in [0.717, 1.165) is 0 Å². The van der Waals surface area contributed by atoms with E-state index >= 15 is 0 Å². The molecule has 4 aromatic rings. The van der Waals surface area contributed by atoms with Gasteiger partial charge in [0.05, 0.1) is 13.7 Å². The number of para-hydroxylation sites is 1. The number of amides is 1. The van der Waals surface area contributed by atoms with E-state index in [0.29, 0.717) is 16.7 Å². The van der Waals surface area contributed by atoms with Crippen molar-refractivity contribution in [2.75, 3.05) is 7.11 Å². The highest BCUT2D eigenvalue weighted by atomic mass is 16.5. The number of aromatic amines is 1. The minimum atomic E-state index is -0.797. The summed E-state index contributed by atoms with van der Waals surface area (Å²) in [6, 6.07) is 9.43. The zero-order chi connectivity index (χ0) is 20.4. The van der Waals surface area contributed by atoms with Gasteiger partial charge in [0.25, 0.3) is 5.91 Å². The fourth-order valence-corrected chi connectivity index (χ4v) is 2.72. The average Bonchev–Trinajstić information content (AvgIpc) is 3.20. The van der Waals surface area contributed by atoms with Gasteiger partial charge < -0.3 is 24.0 Å². The number of fused-ring (bicyclic) bond motifs is 1. The zero-order valence-electron chi connectivity index (χ0n) is 15.1. The number of nitrogens with zero attached hydrogens (tertiary/aromatic N) is 2. The van der Waals surface area contributed by atoms with Gasteiger partial charge in [-0.3, -0.25) is 9.59 Å². The molecule has 3 heterocycles. The summed E-state index contributed by atoms with van der Waals surface area (Å²) in [7, 11) is 1.46. The van der Waals surface area contributed by atoms with Crippen molar-refractivity contribution in [3.8, 4) is 17.1 Å². The van der Waals surface area contributed by atoms with Crippen LogP contribution in [0.2, 0.25) is 0 Å². The Balaban J connectivity index is 1.53. The average molecular weight is 394 g/mol. The van der Waals surface area contributed by atoms with Gasteiger partial charge in [0.2, 0.25) is 17.3 Å². The molecule has 0 bridgehead atoms. The van der Waals surface area contributed by atoms with Crippen LogP contribution < -0.4 is 21.2 Å². The molecule has 0 radical (unpaired) electrons. The van der Waals surface area contributed by atoms with Crippen molar-refractivity contribution < 1.29 is 18.5 Å². The van der Waals surface area contributed by atoms with Gasteiger partial charge in [-0.25, -0.2) is 4.79 Å². The number of hydrogen-bond donors (Lipinski definition) is 2. The van der Waals surface area contributed by atoms with Crippen LogP contribution in [0, 0.1) is 0 Å². The van der Waals surface area contributed by atoms with E-state index in [-0.39, 0.29) is 35.0 Å². The quantitative estimate of drug-likeness (QED) is 0.485. The monoisotopic (exact) mass is 394 g/mol. The third kappa shape index (κ3) is 3.63. The molecular weight excluding hydrogens is 380 g/mol. The van der Waals surface area contributed by atoms with Gasteiger partial charge in [-0.15, -0.1) is 0 Å². The molecule has 29 heavy (non-hydrogen) atoms. The summed E-state index contributed by atoms with van der Waals surface area (Å²) in [6.07, 6.45) is 1.46. The molecule has 4 rings (SSSR count). The molecular formula is C19H14N4O6.